The number of carbonyl (C=O) groups excluding carboxylic acids is 1. The van der Waals surface area contributed by atoms with Crippen LogP contribution in [0.15, 0.2) is 12.1 Å². The van der Waals surface area contributed by atoms with E-state index in [0.29, 0.717) is 23.7 Å². The molecular formula is C24H38N2O5. The summed E-state index contributed by atoms with van der Waals surface area (Å²) >= 11 is 0. The lowest BCUT2D eigenvalue weighted by Crippen LogP contribution is -2.57. The van der Waals surface area contributed by atoms with Crippen molar-refractivity contribution in [1.29, 1.82) is 0 Å². The summed E-state index contributed by atoms with van der Waals surface area (Å²) in [6.07, 6.45) is 5.54. The Balaban J connectivity index is 1.77. The van der Waals surface area contributed by atoms with Crippen molar-refractivity contribution in [2.45, 2.75) is 64.0 Å². The van der Waals surface area contributed by atoms with E-state index in [1.165, 1.54) is 0 Å². The van der Waals surface area contributed by atoms with Gasteiger partial charge < -0.3 is 18.9 Å². The van der Waals surface area contributed by atoms with Gasteiger partial charge in [0.25, 0.3) is 0 Å². The molecule has 1 aromatic rings. The molecule has 0 N–H and O–H groups in total. The molecule has 31 heavy (non-hydrogen) atoms. The first-order valence-electron chi connectivity index (χ1n) is 11.4. The van der Waals surface area contributed by atoms with Crippen LogP contribution >= 0.6 is 0 Å². The van der Waals surface area contributed by atoms with Crippen LogP contribution in [0, 0.1) is 5.92 Å². The van der Waals surface area contributed by atoms with Crippen molar-refractivity contribution in [2.24, 2.45) is 5.92 Å². The second-order valence-corrected chi connectivity index (χ2v) is 8.48. The molecular weight excluding hydrogens is 396 g/mol. The predicted molar refractivity (Wildman–Crippen MR) is 120 cm³/mol. The van der Waals surface area contributed by atoms with Gasteiger partial charge in [0.15, 0.2) is 11.5 Å². The lowest BCUT2D eigenvalue weighted by Gasteiger charge is -2.44. The zero-order valence-corrected chi connectivity index (χ0v) is 19.9. The zero-order chi connectivity index (χ0) is 22.6. The molecule has 0 radical (unpaired) electrons. The molecule has 1 amide bonds. The molecule has 0 spiro atoms. The van der Waals surface area contributed by atoms with Crippen molar-refractivity contribution in [3.05, 3.63) is 17.7 Å². The Hall–Kier alpha value is -1.99. The SMILES string of the molecule is CCC(CC)(OC)[C@@H]1CCCN1N1CC[C@H](Cc2cc(OC)c(OC)c(OC)c2)C1=O. The van der Waals surface area contributed by atoms with E-state index in [2.05, 4.69) is 18.9 Å². The molecule has 0 bridgehead atoms. The molecule has 2 fully saturated rings. The topological polar surface area (TPSA) is 60.5 Å². The quantitative estimate of drug-likeness (QED) is 0.560. The lowest BCUT2D eigenvalue weighted by molar-refractivity contribution is -0.162. The first-order chi connectivity index (χ1) is 15.0. The van der Waals surface area contributed by atoms with E-state index < -0.39 is 0 Å². The van der Waals surface area contributed by atoms with Crippen molar-refractivity contribution in [1.82, 2.24) is 10.0 Å². The van der Waals surface area contributed by atoms with E-state index in [0.717, 1.165) is 50.8 Å². The average molecular weight is 435 g/mol. The molecule has 0 unspecified atom stereocenters. The Morgan fingerprint density at radius 2 is 1.61 bits per heavy atom. The van der Waals surface area contributed by atoms with E-state index in [1.807, 2.05) is 24.3 Å². The van der Waals surface area contributed by atoms with Crippen LogP contribution in [-0.2, 0) is 16.0 Å². The maximum atomic E-state index is 13.4. The minimum Gasteiger partial charge on any atom is -0.493 e. The van der Waals surface area contributed by atoms with Gasteiger partial charge in [-0.15, -0.1) is 0 Å². The van der Waals surface area contributed by atoms with Crippen molar-refractivity contribution in [3.8, 4) is 17.2 Å². The zero-order valence-electron chi connectivity index (χ0n) is 19.9. The van der Waals surface area contributed by atoms with Crippen LogP contribution in [-0.4, -0.2) is 69.1 Å². The van der Waals surface area contributed by atoms with Gasteiger partial charge in [-0.05, 0) is 56.2 Å². The molecule has 174 valence electrons. The second kappa shape index (κ2) is 10.1. The Kier molecular flexibility index (Phi) is 7.70. The number of carbonyl (C=O) groups is 1. The summed E-state index contributed by atoms with van der Waals surface area (Å²) in [7, 11) is 6.63. The van der Waals surface area contributed by atoms with Crippen molar-refractivity contribution >= 4 is 5.91 Å². The molecule has 2 aliphatic heterocycles. The van der Waals surface area contributed by atoms with Gasteiger partial charge in [0, 0.05) is 26.1 Å². The fraction of sp³-hybridized carbons (Fsp3) is 0.708. The Labute approximate surface area is 186 Å². The Bertz CT molecular complexity index is 731. The molecule has 3 rings (SSSR count). The van der Waals surface area contributed by atoms with Gasteiger partial charge in [-0.1, -0.05) is 13.8 Å². The number of methoxy groups -OCH3 is 4. The summed E-state index contributed by atoms with van der Waals surface area (Å²) in [6, 6.07) is 4.14. The Morgan fingerprint density at radius 1 is 0.968 bits per heavy atom. The largest absolute Gasteiger partial charge is 0.493 e. The van der Waals surface area contributed by atoms with Gasteiger partial charge in [0.2, 0.25) is 11.7 Å². The standard InChI is InChI=1S/C24H38N2O5/c1-7-24(8-2,31-6)21-10-9-12-25(21)26-13-11-18(23(26)27)14-17-15-19(28-3)22(30-5)20(16-17)29-4/h15-16,18,21H,7-14H2,1-6H3/t18-,21+/m1/s1. The summed E-state index contributed by atoms with van der Waals surface area (Å²) in [6.45, 7) is 6.04. The number of ether oxygens (including phenoxy) is 4. The molecule has 0 aromatic heterocycles. The summed E-state index contributed by atoms with van der Waals surface area (Å²) in [5.41, 5.74) is 0.812. The molecule has 2 aliphatic rings. The predicted octanol–water partition coefficient (Wildman–Crippen LogP) is 3.69. The van der Waals surface area contributed by atoms with Gasteiger partial charge in [-0.3, -0.25) is 9.80 Å². The fourth-order valence-electron chi connectivity index (χ4n) is 5.43. The molecule has 2 atom stereocenters. The highest BCUT2D eigenvalue weighted by Gasteiger charge is 2.47. The fourth-order valence-corrected chi connectivity index (χ4v) is 5.43. The second-order valence-electron chi connectivity index (χ2n) is 8.48. The highest BCUT2D eigenvalue weighted by atomic mass is 16.5. The number of hydrazine groups is 1. The molecule has 0 saturated carbocycles. The lowest BCUT2D eigenvalue weighted by atomic mass is 9.87. The van der Waals surface area contributed by atoms with E-state index in [-0.39, 0.29) is 23.5 Å². The summed E-state index contributed by atoms with van der Waals surface area (Å²) in [5.74, 6) is 1.97. The highest BCUT2D eigenvalue weighted by Crippen LogP contribution is 2.40. The van der Waals surface area contributed by atoms with Crippen LogP contribution in [0.3, 0.4) is 0 Å². The van der Waals surface area contributed by atoms with Crippen LogP contribution in [0.5, 0.6) is 17.2 Å². The molecule has 2 saturated heterocycles. The van der Waals surface area contributed by atoms with Crippen LogP contribution < -0.4 is 14.2 Å². The number of rotatable bonds is 10. The summed E-state index contributed by atoms with van der Waals surface area (Å²) in [4.78, 5) is 13.4. The minimum atomic E-state index is -0.203. The highest BCUT2D eigenvalue weighted by molar-refractivity contribution is 5.81. The first kappa shape index (κ1) is 23.7. The van der Waals surface area contributed by atoms with Gasteiger partial charge in [-0.2, -0.15) is 0 Å². The van der Waals surface area contributed by atoms with Crippen LogP contribution in [0.1, 0.15) is 51.5 Å². The molecule has 0 aliphatic carbocycles. The third kappa shape index (κ3) is 4.35. The van der Waals surface area contributed by atoms with E-state index in [9.17, 15) is 4.79 Å². The van der Waals surface area contributed by atoms with Gasteiger partial charge in [0.05, 0.1) is 33.0 Å². The minimum absolute atomic E-state index is 0.0516. The number of amides is 1. The van der Waals surface area contributed by atoms with E-state index in [1.54, 1.807) is 21.3 Å². The first-order valence-corrected chi connectivity index (χ1v) is 11.4. The van der Waals surface area contributed by atoms with Gasteiger partial charge in [-0.25, -0.2) is 5.01 Å². The van der Waals surface area contributed by atoms with E-state index in [4.69, 9.17) is 18.9 Å². The van der Waals surface area contributed by atoms with E-state index >= 15 is 0 Å². The summed E-state index contributed by atoms with van der Waals surface area (Å²) in [5, 5.41) is 4.30. The van der Waals surface area contributed by atoms with Crippen LogP contribution in [0.2, 0.25) is 0 Å². The molecule has 7 heteroatoms. The average Bonchev–Trinajstić information content (AvgIpc) is 3.42. The third-order valence-corrected chi connectivity index (χ3v) is 7.24. The maximum absolute atomic E-state index is 13.4. The molecule has 1 aromatic carbocycles. The number of hydrogen-bond acceptors (Lipinski definition) is 6. The molecule has 2 heterocycles. The smallest absolute Gasteiger partial charge is 0.240 e. The Morgan fingerprint density at radius 3 is 2.13 bits per heavy atom. The third-order valence-electron chi connectivity index (χ3n) is 7.24. The van der Waals surface area contributed by atoms with Crippen molar-refractivity contribution in [3.63, 3.8) is 0 Å². The normalized spacial score (nSPS) is 22.3. The van der Waals surface area contributed by atoms with Gasteiger partial charge >= 0.3 is 0 Å². The van der Waals surface area contributed by atoms with Crippen molar-refractivity contribution < 1.29 is 23.7 Å². The number of hydrogen-bond donors (Lipinski definition) is 0. The molecule has 7 nitrogen and oxygen atoms in total. The van der Waals surface area contributed by atoms with Gasteiger partial charge in [0.1, 0.15) is 0 Å². The number of benzene rings is 1. The summed E-state index contributed by atoms with van der Waals surface area (Å²) < 4.78 is 22.4. The van der Waals surface area contributed by atoms with Crippen LogP contribution in [0.4, 0.5) is 0 Å². The maximum Gasteiger partial charge on any atom is 0.240 e. The monoisotopic (exact) mass is 434 g/mol. The van der Waals surface area contributed by atoms with Crippen LogP contribution in [0.25, 0.3) is 0 Å². The number of nitrogens with zero attached hydrogens (tertiary/aromatic N) is 2. The van der Waals surface area contributed by atoms with Crippen molar-refractivity contribution in [2.75, 3.05) is 41.5 Å².